The Morgan fingerprint density at radius 3 is 2.64 bits per heavy atom. The summed E-state index contributed by atoms with van der Waals surface area (Å²) in [7, 11) is 0. The van der Waals surface area contributed by atoms with Crippen LogP contribution in [0.15, 0.2) is 29.2 Å². The Morgan fingerprint density at radius 1 is 1.25 bits per heavy atom. The van der Waals surface area contributed by atoms with Gasteiger partial charge in [0.25, 0.3) is 5.91 Å². The van der Waals surface area contributed by atoms with Crippen LogP contribution in [0.3, 0.4) is 0 Å². The van der Waals surface area contributed by atoms with Crippen LogP contribution in [0.25, 0.3) is 0 Å². The summed E-state index contributed by atoms with van der Waals surface area (Å²) >= 11 is 1.34. The van der Waals surface area contributed by atoms with Crippen molar-refractivity contribution in [1.82, 2.24) is 0 Å². The molecule has 0 spiro atoms. The van der Waals surface area contributed by atoms with E-state index >= 15 is 0 Å². The molecular weight excluding hydrogens is 376 g/mol. The second kappa shape index (κ2) is 7.41. The van der Waals surface area contributed by atoms with Gasteiger partial charge in [-0.05, 0) is 62.5 Å². The van der Waals surface area contributed by atoms with E-state index in [9.17, 15) is 14.7 Å². The van der Waals surface area contributed by atoms with Gasteiger partial charge in [-0.2, -0.15) is 5.26 Å². The van der Waals surface area contributed by atoms with Gasteiger partial charge in [-0.3, -0.25) is 9.59 Å². The van der Waals surface area contributed by atoms with E-state index < -0.39 is 16.9 Å². The maximum atomic E-state index is 12.9. The molecule has 1 amide bonds. The summed E-state index contributed by atoms with van der Waals surface area (Å²) in [6, 6.07) is 9.29. The quantitative estimate of drug-likeness (QED) is 0.562. The summed E-state index contributed by atoms with van der Waals surface area (Å²) in [6.07, 6.45) is 4.65. The van der Waals surface area contributed by atoms with Crippen LogP contribution in [0.4, 0.5) is 5.69 Å². The molecule has 0 saturated heterocycles. The van der Waals surface area contributed by atoms with Crippen LogP contribution in [0.5, 0.6) is 0 Å². The molecule has 0 aromatic heterocycles. The molecule has 4 aliphatic rings. The van der Waals surface area contributed by atoms with E-state index in [2.05, 4.69) is 11.4 Å². The molecule has 7 heteroatoms. The van der Waals surface area contributed by atoms with Crippen LogP contribution in [-0.4, -0.2) is 34.9 Å². The van der Waals surface area contributed by atoms with Crippen LogP contribution in [0.2, 0.25) is 0 Å². The Bertz CT molecular complexity index is 820. The van der Waals surface area contributed by atoms with E-state index in [1.54, 1.807) is 12.1 Å². The van der Waals surface area contributed by atoms with Crippen LogP contribution >= 0.6 is 11.8 Å². The fraction of sp³-hybridized carbons (Fsp3) is 0.571. The number of ether oxygens (including phenoxy) is 1. The molecule has 2 N–H and O–H groups in total. The number of nitrogens with one attached hydrogen (secondary N) is 1. The largest absolute Gasteiger partial charge is 0.455 e. The maximum Gasteiger partial charge on any atom is 0.312 e. The van der Waals surface area contributed by atoms with Crippen molar-refractivity contribution in [2.75, 3.05) is 17.7 Å². The third-order valence-electron chi connectivity index (χ3n) is 6.25. The van der Waals surface area contributed by atoms with Crippen molar-refractivity contribution in [2.24, 2.45) is 17.3 Å². The molecule has 4 atom stereocenters. The number of carbonyl (C=O) groups excluding carboxylic acids is 2. The summed E-state index contributed by atoms with van der Waals surface area (Å²) in [5.74, 6) is 0.313. The Morgan fingerprint density at radius 2 is 1.96 bits per heavy atom. The molecule has 4 fully saturated rings. The normalized spacial score (nSPS) is 32.6. The van der Waals surface area contributed by atoms with Crippen LogP contribution in [-0.2, 0) is 14.3 Å². The van der Waals surface area contributed by atoms with Gasteiger partial charge >= 0.3 is 5.97 Å². The lowest BCUT2D eigenvalue weighted by Gasteiger charge is -2.58. The zero-order valence-electron chi connectivity index (χ0n) is 15.6. The highest BCUT2D eigenvalue weighted by Crippen LogP contribution is 2.61. The van der Waals surface area contributed by atoms with Crippen LogP contribution < -0.4 is 5.32 Å². The van der Waals surface area contributed by atoms with Gasteiger partial charge in [0.05, 0.1) is 28.5 Å². The molecule has 2 unspecified atom stereocenters. The second-order valence-corrected chi connectivity index (χ2v) is 9.55. The van der Waals surface area contributed by atoms with Crippen molar-refractivity contribution in [3.05, 3.63) is 24.3 Å². The summed E-state index contributed by atoms with van der Waals surface area (Å²) in [5.41, 5.74) is -0.755. The first kappa shape index (κ1) is 19.3. The molecule has 0 radical (unpaired) electrons. The lowest BCUT2D eigenvalue weighted by Crippen LogP contribution is -2.58. The minimum Gasteiger partial charge on any atom is -0.455 e. The van der Waals surface area contributed by atoms with Gasteiger partial charge in [0.1, 0.15) is 0 Å². The van der Waals surface area contributed by atoms with Crippen molar-refractivity contribution in [1.29, 1.82) is 5.26 Å². The van der Waals surface area contributed by atoms with Crippen molar-refractivity contribution in [2.45, 2.75) is 49.0 Å². The fourth-order valence-corrected chi connectivity index (χ4v) is 6.40. The Balaban J connectivity index is 1.36. The van der Waals surface area contributed by atoms with Crippen molar-refractivity contribution >= 4 is 29.3 Å². The zero-order valence-corrected chi connectivity index (χ0v) is 16.5. The highest BCUT2D eigenvalue weighted by Gasteiger charge is 2.60. The minimum atomic E-state index is -0.734. The summed E-state index contributed by atoms with van der Waals surface area (Å²) < 4.78 is 5.41. The van der Waals surface area contributed by atoms with Gasteiger partial charge in [0.2, 0.25) is 0 Å². The van der Waals surface area contributed by atoms with E-state index in [0.29, 0.717) is 23.9 Å². The number of hydrogen-bond donors (Lipinski definition) is 2. The number of thioether (sulfide) groups is 1. The number of esters is 1. The van der Waals surface area contributed by atoms with E-state index in [1.807, 2.05) is 12.1 Å². The van der Waals surface area contributed by atoms with Gasteiger partial charge in [-0.15, -0.1) is 11.8 Å². The molecule has 1 aromatic carbocycles. The lowest BCUT2D eigenvalue weighted by molar-refractivity contribution is -0.196. The summed E-state index contributed by atoms with van der Waals surface area (Å²) in [5, 5.41) is 22.3. The molecule has 28 heavy (non-hydrogen) atoms. The third-order valence-corrected chi connectivity index (χ3v) is 7.19. The standard InChI is InChI=1S/C21H24N2O4S/c22-5-6-28-17-4-2-1-3-16(17)23-18(24)12-27-19(25)20-8-14-7-15(9-20)11-21(26,10-14)13-20/h1-4,14-15,26H,6-13H2,(H,23,24)/t14-,15+,20?,21?. The van der Waals surface area contributed by atoms with Crippen molar-refractivity contribution < 1.29 is 19.4 Å². The van der Waals surface area contributed by atoms with Gasteiger partial charge in [0, 0.05) is 4.90 Å². The number of nitrogens with zero attached hydrogens (tertiary/aromatic N) is 1. The number of aliphatic hydroxyl groups is 1. The fourth-order valence-electron chi connectivity index (χ4n) is 5.73. The zero-order chi connectivity index (χ0) is 19.8. The lowest BCUT2D eigenvalue weighted by atomic mass is 9.48. The molecule has 148 valence electrons. The van der Waals surface area contributed by atoms with Gasteiger partial charge in [-0.25, -0.2) is 0 Å². The number of amides is 1. The number of hydrogen-bond acceptors (Lipinski definition) is 6. The second-order valence-electron chi connectivity index (χ2n) is 8.53. The number of carbonyl (C=O) groups is 2. The predicted molar refractivity (Wildman–Crippen MR) is 104 cm³/mol. The number of nitriles is 1. The maximum absolute atomic E-state index is 12.9. The van der Waals surface area contributed by atoms with Gasteiger partial charge in [-0.1, -0.05) is 12.1 Å². The number of anilines is 1. The van der Waals surface area contributed by atoms with Crippen molar-refractivity contribution in [3.63, 3.8) is 0 Å². The third kappa shape index (κ3) is 3.76. The Labute approximate surface area is 168 Å². The molecule has 4 saturated carbocycles. The van der Waals surface area contributed by atoms with Crippen molar-refractivity contribution in [3.8, 4) is 6.07 Å². The first-order chi connectivity index (χ1) is 13.4. The smallest absolute Gasteiger partial charge is 0.312 e. The monoisotopic (exact) mass is 400 g/mol. The number of para-hydroxylation sites is 1. The molecule has 0 heterocycles. The Kier molecular flexibility index (Phi) is 5.11. The number of rotatable bonds is 6. The number of benzene rings is 1. The summed E-state index contributed by atoms with van der Waals surface area (Å²) in [4.78, 5) is 26.0. The van der Waals surface area contributed by atoms with Crippen LogP contribution in [0.1, 0.15) is 38.5 Å². The highest BCUT2D eigenvalue weighted by atomic mass is 32.2. The molecule has 4 bridgehead atoms. The van der Waals surface area contributed by atoms with E-state index in [0.717, 1.165) is 37.0 Å². The molecular formula is C21H24N2O4S. The first-order valence-electron chi connectivity index (χ1n) is 9.70. The highest BCUT2D eigenvalue weighted by molar-refractivity contribution is 7.99. The molecule has 0 aliphatic heterocycles. The molecule has 5 rings (SSSR count). The minimum absolute atomic E-state index is 0.287. The predicted octanol–water partition coefficient (Wildman–Crippen LogP) is 3.12. The van der Waals surface area contributed by atoms with Crippen LogP contribution in [0, 0.1) is 28.6 Å². The topological polar surface area (TPSA) is 99.4 Å². The summed E-state index contributed by atoms with van der Waals surface area (Å²) in [6.45, 7) is -0.342. The Hall–Kier alpha value is -2.04. The average molecular weight is 401 g/mol. The molecule has 6 nitrogen and oxygen atoms in total. The van der Waals surface area contributed by atoms with E-state index in [4.69, 9.17) is 10.00 Å². The van der Waals surface area contributed by atoms with E-state index in [-0.39, 0.29) is 18.3 Å². The average Bonchev–Trinajstić information content (AvgIpc) is 2.63. The van der Waals surface area contributed by atoms with E-state index in [1.165, 1.54) is 11.8 Å². The SMILES string of the molecule is N#CCSc1ccccc1NC(=O)COC(=O)C12C[C@@H]3C[C@@H](CC(O)(C3)C1)C2. The molecule has 1 aromatic rings. The van der Waals surface area contributed by atoms with Gasteiger partial charge in [0.15, 0.2) is 6.61 Å². The van der Waals surface area contributed by atoms with Gasteiger partial charge < -0.3 is 15.2 Å². The molecule has 4 aliphatic carbocycles. The first-order valence-corrected chi connectivity index (χ1v) is 10.7.